The molecule has 0 aliphatic carbocycles. The Balaban J connectivity index is 1.42. The van der Waals surface area contributed by atoms with Gasteiger partial charge in [-0.2, -0.15) is 23.4 Å². The number of thiophene rings is 1. The summed E-state index contributed by atoms with van der Waals surface area (Å²) in [5, 5.41) is 13.0. The maximum absolute atomic E-state index is 13.7. The van der Waals surface area contributed by atoms with Crippen LogP contribution in [0.1, 0.15) is 21.7 Å². The minimum absolute atomic E-state index is 0.0854. The highest BCUT2D eigenvalue weighted by atomic mass is 35.5. The highest BCUT2D eigenvalue weighted by molar-refractivity contribution is 7.13. The Morgan fingerprint density at radius 1 is 1.15 bits per heavy atom. The molecule has 0 fully saturated rings. The number of benzene rings is 1. The summed E-state index contributed by atoms with van der Waals surface area (Å²) in [5.41, 5.74) is 0.0446. The van der Waals surface area contributed by atoms with Gasteiger partial charge in [-0.05, 0) is 29.1 Å². The number of carbonyl (C=O) groups excluding carboxylic acids is 1. The molecule has 12 heteroatoms. The van der Waals surface area contributed by atoms with E-state index in [9.17, 15) is 18.0 Å². The van der Waals surface area contributed by atoms with Crippen LogP contribution in [0.15, 0.2) is 66.3 Å². The number of anilines is 1. The Kier molecular flexibility index (Phi) is 5.58. The van der Waals surface area contributed by atoms with Gasteiger partial charge in [-0.25, -0.2) is 9.50 Å². The Morgan fingerprint density at radius 2 is 1.97 bits per heavy atom. The molecule has 0 aliphatic rings. The van der Waals surface area contributed by atoms with Crippen molar-refractivity contribution in [2.45, 2.75) is 12.7 Å². The second-order valence-corrected chi connectivity index (χ2v) is 8.63. The molecule has 7 nitrogen and oxygen atoms in total. The summed E-state index contributed by atoms with van der Waals surface area (Å²) in [7, 11) is 0. The maximum atomic E-state index is 13.7. The fourth-order valence-electron chi connectivity index (χ4n) is 3.35. The first kappa shape index (κ1) is 22.1. The average Bonchev–Trinajstić information content (AvgIpc) is 3.54. The largest absolute Gasteiger partial charge is 0.433 e. The standard InChI is InChI=1S/C22H14ClF3N6OS/c23-15-5-2-1-4-13(15)11-31-12-14(10-27-31)28-21(33)17-9-20-29-16(18-6-3-7-34-18)8-19(22(24,25)26)32(20)30-17/h1-10,12H,11H2,(H,28,33). The van der Waals surface area contributed by atoms with Gasteiger partial charge >= 0.3 is 6.18 Å². The molecule has 1 amide bonds. The zero-order chi connectivity index (χ0) is 23.9. The van der Waals surface area contributed by atoms with Gasteiger partial charge in [0, 0.05) is 17.3 Å². The van der Waals surface area contributed by atoms with Crippen molar-refractivity contribution >= 4 is 40.2 Å². The van der Waals surface area contributed by atoms with Crippen LogP contribution >= 0.6 is 22.9 Å². The van der Waals surface area contributed by atoms with Crippen LogP contribution in [-0.2, 0) is 12.7 Å². The molecule has 5 rings (SSSR count). The quantitative estimate of drug-likeness (QED) is 0.338. The molecule has 0 unspecified atom stereocenters. The Hall–Kier alpha value is -3.70. The number of nitrogens with zero attached hydrogens (tertiary/aromatic N) is 5. The maximum Gasteiger partial charge on any atom is 0.433 e. The number of hydrogen-bond acceptors (Lipinski definition) is 5. The van der Waals surface area contributed by atoms with E-state index in [1.807, 2.05) is 18.2 Å². The highest BCUT2D eigenvalue weighted by Gasteiger charge is 2.35. The van der Waals surface area contributed by atoms with Gasteiger partial charge in [-0.3, -0.25) is 9.48 Å². The van der Waals surface area contributed by atoms with Gasteiger partial charge in [-0.1, -0.05) is 35.9 Å². The smallest absolute Gasteiger partial charge is 0.318 e. The summed E-state index contributed by atoms with van der Waals surface area (Å²) in [4.78, 5) is 17.6. The lowest BCUT2D eigenvalue weighted by atomic mass is 10.2. The number of halogens is 4. The monoisotopic (exact) mass is 502 g/mol. The number of alkyl halides is 3. The van der Waals surface area contributed by atoms with Gasteiger partial charge < -0.3 is 5.32 Å². The van der Waals surface area contributed by atoms with Gasteiger partial charge in [-0.15, -0.1) is 11.3 Å². The molecule has 172 valence electrons. The zero-order valence-corrected chi connectivity index (χ0v) is 18.7. The molecule has 4 aromatic heterocycles. The van der Waals surface area contributed by atoms with Crippen molar-refractivity contribution in [1.29, 1.82) is 0 Å². The first-order valence-corrected chi connectivity index (χ1v) is 11.1. The fourth-order valence-corrected chi connectivity index (χ4v) is 4.23. The lowest BCUT2D eigenvalue weighted by Gasteiger charge is -2.10. The predicted molar refractivity (Wildman–Crippen MR) is 122 cm³/mol. The lowest BCUT2D eigenvalue weighted by Crippen LogP contribution is -2.15. The number of fused-ring (bicyclic) bond motifs is 1. The molecular formula is C22H14ClF3N6OS. The van der Waals surface area contributed by atoms with E-state index in [1.165, 1.54) is 23.6 Å². The summed E-state index contributed by atoms with van der Waals surface area (Å²) < 4.78 is 43.3. The fraction of sp³-hybridized carbons (Fsp3) is 0.0909. The summed E-state index contributed by atoms with van der Waals surface area (Å²) in [5.74, 6) is -0.686. The number of aromatic nitrogens is 5. The van der Waals surface area contributed by atoms with Crippen LogP contribution in [0.3, 0.4) is 0 Å². The molecule has 5 aromatic rings. The van der Waals surface area contributed by atoms with Crippen LogP contribution in [0.2, 0.25) is 5.02 Å². The summed E-state index contributed by atoms with van der Waals surface area (Å²) >= 11 is 7.43. The minimum Gasteiger partial charge on any atom is -0.318 e. The first-order chi connectivity index (χ1) is 16.3. The normalized spacial score (nSPS) is 11.8. The number of carbonyl (C=O) groups is 1. The lowest BCUT2D eigenvalue weighted by molar-refractivity contribution is -0.142. The van der Waals surface area contributed by atoms with E-state index in [0.717, 1.165) is 11.6 Å². The van der Waals surface area contributed by atoms with E-state index in [1.54, 1.807) is 34.5 Å². The molecular weight excluding hydrogens is 489 g/mol. The molecule has 4 heterocycles. The van der Waals surface area contributed by atoms with E-state index >= 15 is 0 Å². The zero-order valence-electron chi connectivity index (χ0n) is 17.1. The van der Waals surface area contributed by atoms with Crippen molar-refractivity contribution in [3.05, 3.63) is 88.3 Å². The van der Waals surface area contributed by atoms with Crippen LogP contribution < -0.4 is 5.32 Å². The molecule has 34 heavy (non-hydrogen) atoms. The molecule has 0 spiro atoms. The molecule has 0 bridgehead atoms. The Morgan fingerprint density at radius 3 is 2.71 bits per heavy atom. The van der Waals surface area contributed by atoms with Crippen molar-refractivity contribution in [2.75, 3.05) is 5.32 Å². The highest BCUT2D eigenvalue weighted by Crippen LogP contribution is 2.33. The third-order valence-electron chi connectivity index (χ3n) is 4.91. The molecule has 0 radical (unpaired) electrons. The number of nitrogens with one attached hydrogen (secondary N) is 1. The van der Waals surface area contributed by atoms with E-state index in [4.69, 9.17) is 11.6 Å². The Labute approximate surface area is 199 Å². The van der Waals surface area contributed by atoms with Gasteiger partial charge in [0.25, 0.3) is 5.91 Å². The summed E-state index contributed by atoms with van der Waals surface area (Å²) in [6, 6.07) is 12.8. The van der Waals surface area contributed by atoms with Gasteiger partial charge in [0.1, 0.15) is 0 Å². The SMILES string of the molecule is O=C(Nc1cnn(Cc2ccccc2Cl)c1)c1cc2nc(-c3cccs3)cc(C(F)(F)F)n2n1. The second-order valence-electron chi connectivity index (χ2n) is 7.27. The average molecular weight is 503 g/mol. The number of amides is 1. The van der Waals surface area contributed by atoms with Crippen molar-refractivity contribution in [3.63, 3.8) is 0 Å². The van der Waals surface area contributed by atoms with E-state index in [0.29, 0.717) is 26.6 Å². The molecule has 0 atom stereocenters. The van der Waals surface area contributed by atoms with Gasteiger partial charge in [0.05, 0.1) is 29.0 Å². The minimum atomic E-state index is -4.69. The third-order valence-corrected chi connectivity index (χ3v) is 6.17. The topological polar surface area (TPSA) is 77.1 Å². The molecule has 0 saturated carbocycles. The van der Waals surface area contributed by atoms with Crippen LogP contribution in [-0.4, -0.2) is 30.3 Å². The van der Waals surface area contributed by atoms with Gasteiger partial charge in [0.15, 0.2) is 17.0 Å². The van der Waals surface area contributed by atoms with Crippen molar-refractivity contribution in [1.82, 2.24) is 24.4 Å². The van der Waals surface area contributed by atoms with E-state index in [-0.39, 0.29) is 17.0 Å². The van der Waals surface area contributed by atoms with E-state index in [2.05, 4.69) is 20.5 Å². The van der Waals surface area contributed by atoms with E-state index < -0.39 is 17.8 Å². The third kappa shape index (κ3) is 4.39. The second kappa shape index (κ2) is 8.58. The van der Waals surface area contributed by atoms with Crippen molar-refractivity contribution in [2.24, 2.45) is 0 Å². The van der Waals surface area contributed by atoms with Gasteiger partial charge in [0.2, 0.25) is 0 Å². The molecule has 0 saturated heterocycles. The predicted octanol–water partition coefficient (Wildman–Crippen LogP) is 5.63. The molecule has 0 aliphatic heterocycles. The van der Waals surface area contributed by atoms with Crippen LogP contribution in [0.25, 0.3) is 16.2 Å². The van der Waals surface area contributed by atoms with Crippen molar-refractivity contribution in [3.8, 4) is 10.6 Å². The van der Waals surface area contributed by atoms with Crippen LogP contribution in [0.4, 0.5) is 18.9 Å². The van der Waals surface area contributed by atoms with Crippen LogP contribution in [0, 0.1) is 0 Å². The summed E-state index contributed by atoms with van der Waals surface area (Å²) in [6.45, 7) is 0.383. The molecule has 1 aromatic carbocycles. The first-order valence-electron chi connectivity index (χ1n) is 9.87. The number of hydrogen-bond donors (Lipinski definition) is 1. The number of rotatable bonds is 5. The molecule has 1 N–H and O–H groups in total. The summed E-state index contributed by atoms with van der Waals surface area (Å²) in [6.07, 6.45) is -1.67. The Bertz CT molecular complexity index is 1490. The van der Waals surface area contributed by atoms with Crippen molar-refractivity contribution < 1.29 is 18.0 Å². The van der Waals surface area contributed by atoms with Crippen LogP contribution in [0.5, 0.6) is 0 Å².